The van der Waals surface area contributed by atoms with Crippen molar-refractivity contribution >= 4 is 16.2 Å². The van der Waals surface area contributed by atoms with Crippen molar-refractivity contribution < 1.29 is 17.9 Å². The number of rotatable bonds is 11. The van der Waals surface area contributed by atoms with Gasteiger partial charge in [-0.1, -0.05) is 45.4 Å². The molecule has 1 aliphatic heterocycles. The molecule has 1 aliphatic rings. The molecule has 134 valence electrons. The maximum Gasteiger partial charge on any atom is 0.247 e. The van der Waals surface area contributed by atoms with E-state index in [4.69, 9.17) is 9.47 Å². The number of fused-ring (bicyclic) bond motifs is 1. The molecule has 1 aromatic rings. The highest BCUT2D eigenvalue weighted by Gasteiger charge is 2.12. The van der Waals surface area contributed by atoms with E-state index in [2.05, 4.69) is 16.9 Å². The second-order valence-corrected chi connectivity index (χ2v) is 7.72. The van der Waals surface area contributed by atoms with Crippen molar-refractivity contribution in [3.63, 3.8) is 0 Å². The van der Waals surface area contributed by atoms with Crippen molar-refractivity contribution in [3.8, 4) is 11.5 Å². The average Bonchev–Trinajstić information content (AvgIpc) is 3.01. The third-order valence-electron chi connectivity index (χ3n) is 3.82. The number of unbranched alkanes of at least 4 members (excludes halogenated alkanes) is 6. The van der Waals surface area contributed by atoms with Crippen LogP contribution in [0.3, 0.4) is 0 Å². The van der Waals surface area contributed by atoms with Gasteiger partial charge in [0.1, 0.15) is 0 Å². The molecule has 24 heavy (non-hydrogen) atoms. The van der Waals surface area contributed by atoms with Crippen LogP contribution in [0.25, 0.3) is 0 Å². The molecule has 2 rings (SSSR count). The van der Waals surface area contributed by atoms with Crippen LogP contribution in [0, 0.1) is 0 Å². The van der Waals surface area contributed by atoms with E-state index in [1.807, 2.05) is 0 Å². The number of benzene rings is 1. The number of sulfonamides is 1. The minimum Gasteiger partial charge on any atom is -0.454 e. The van der Waals surface area contributed by atoms with Crippen LogP contribution in [0.1, 0.15) is 57.4 Å². The molecule has 1 heterocycles. The summed E-state index contributed by atoms with van der Waals surface area (Å²) in [7, 11) is -3.36. The first-order valence-electron chi connectivity index (χ1n) is 8.53. The summed E-state index contributed by atoms with van der Waals surface area (Å²) in [5.41, 5.74) is 0.748. The lowest BCUT2D eigenvalue weighted by Crippen LogP contribution is -2.21. The van der Waals surface area contributed by atoms with Gasteiger partial charge in [-0.05, 0) is 30.2 Å². The first-order valence-corrected chi connectivity index (χ1v) is 10.2. The molecule has 0 fully saturated rings. The third-order valence-corrected chi connectivity index (χ3v) is 5.03. The molecule has 0 bridgehead atoms. The van der Waals surface area contributed by atoms with Crippen LogP contribution in [-0.2, 0) is 10.0 Å². The largest absolute Gasteiger partial charge is 0.454 e. The SMILES string of the molecule is CCCCCCCCCS(=O)(=O)NN=Cc1ccc2c(c1)OCO2. The van der Waals surface area contributed by atoms with Gasteiger partial charge in [0.25, 0.3) is 0 Å². The van der Waals surface area contributed by atoms with E-state index in [1.54, 1.807) is 18.2 Å². The van der Waals surface area contributed by atoms with E-state index >= 15 is 0 Å². The third kappa shape index (κ3) is 6.39. The van der Waals surface area contributed by atoms with Gasteiger partial charge in [0.05, 0.1) is 12.0 Å². The van der Waals surface area contributed by atoms with E-state index in [1.165, 1.54) is 31.9 Å². The monoisotopic (exact) mass is 354 g/mol. The summed E-state index contributed by atoms with van der Waals surface area (Å²) in [6, 6.07) is 5.33. The summed E-state index contributed by atoms with van der Waals surface area (Å²) < 4.78 is 34.2. The zero-order valence-electron chi connectivity index (χ0n) is 14.2. The Morgan fingerprint density at radius 1 is 1.08 bits per heavy atom. The predicted molar refractivity (Wildman–Crippen MR) is 95.1 cm³/mol. The Hall–Kier alpha value is -1.76. The fourth-order valence-electron chi connectivity index (χ4n) is 2.47. The lowest BCUT2D eigenvalue weighted by atomic mass is 10.1. The Labute approximate surface area is 144 Å². The fourth-order valence-corrected chi connectivity index (χ4v) is 3.36. The van der Waals surface area contributed by atoms with Crippen LogP contribution in [0.5, 0.6) is 11.5 Å². The zero-order valence-corrected chi connectivity index (χ0v) is 15.0. The summed E-state index contributed by atoms with van der Waals surface area (Å²) in [5, 5.41) is 3.82. The van der Waals surface area contributed by atoms with Crippen molar-refractivity contribution in [1.29, 1.82) is 0 Å². The first kappa shape index (κ1) is 18.6. The summed E-state index contributed by atoms with van der Waals surface area (Å²) >= 11 is 0. The number of hydrazone groups is 1. The molecule has 0 radical (unpaired) electrons. The van der Waals surface area contributed by atoms with Crippen molar-refractivity contribution in [2.75, 3.05) is 12.5 Å². The number of nitrogens with one attached hydrogen (secondary N) is 1. The van der Waals surface area contributed by atoms with Crippen molar-refractivity contribution in [2.24, 2.45) is 5.10 Å². The van der Waals surface area contributed by atoms with Gasteiger partial charge < -0.3 is 9.47 Å². The highest BCUT2D eigenvalue weighted by Crippen LogP contribution is 2.31. The van der Waals surface area contributed by atoms with Crippen LogP contribution in [0.15, 0.2) is 23.3 Å². The van der Waals surface area contributed by atoms with E-state index in [0.717, 1.165) is 18.4 Å². The van der Waals surface area contributed by atoms with Crippen LogP contribution in [0.2, 0.25) is 0 Å². The van der Waals surface area contributed by atoms with Gasteiger partial charge in [-0.3, -0.25) is 0 Å². The summed E-state index contributed by atoms with van der Waals surface area (Å²) in [5.74, 6) is 1.44. The Kier molecular flexibility index (Phi) is 7.36. The lowest BCUT2D eigenvalue weighted by Gasteiger charge is -2.04. The predicted octanol–water partition coefficient (Wildman–Crippen LogP) is 3.42. The smallest absolute Gasteiger partial charge is 0.247 e. The minimum absolute atomic E-state index is 0.110. The van der Waals surface area contributed by atoms with Gasteiger partial charge in [0.15, 0.2) is 11.5 Å². The normalized spacial score (nSPS) is 13.5. The van der Waals surface area contributed by atoms with Gasteiger partial charge in [-0.2, -0.15) is 5.10 Å². The quantitative estimate of drug-likeness (QED) is 0.375. The van der Waals surface area contributed by atoms with Gasteiger partial charge in [0, 0.05) is 0 Å². The molecule has 1 N–H and O–H groups in total. The molecule has 0 aromatic heterocycles. The summed E-state index contributed by atoms with van der Waals surface area (Å²) in [6.07, 6.45) is 9.07. The Bertz CT molecular complexity index is 644. The van der Waals surface area contributed by atoms with E-state index in [-0.39, 0.29) is 12.5 Å². The molecule has 0 saturated carbocycles. The second-order valence-electron chi connectivity index (χ2n) is 5.90. The summed E-state index contributed by atoms with van der Waals surface area (Å²) in [4.78, 5) is 2.26. The topological polar surface area (TPSA) is 77.0 Å². The Morgan fingerprint density at radius 2 is 1.79 bits per heavy atom. The molecule has 6 nitrogen and oxygen atoms in total. The van der Waals surface area contributed by atoms with E-state index in [9.17, 15) is 8.42 Å². The highest BCUT2D eigenvalue weighted by atomic mass is 32.2. The highest BCUT2D eigenvalue weighted by molar-refractivity contribution is 7.89. The fraction of sp³-hybridized carbons (Fsp3) is 0.588. The second kappa shape index (κ2) is 9.52. The van der Waals surface area contributed by atoms with Gasteiger partial charge >= 0.3 is 0 Å². The molecule has 0 aliphatic carbocycles. The molecule has 0 unspecified atom stereocenters. The standard InChI is InChI=1S/C17H26N2O4S/c1-2-3-4-5-6-7-8-11-24(20,21)19-18-13-15-9-10-16-17(12-15)23-14-22-16/h9-10,12-13,19H,2-8,11,14H2,1H3. The van der Waals surface area contributed by atoms with E-state index in [0.29, 0.717) is 17.9 Å². The molecule has 0 spiro atoms. The molecule has 7 heteroatoms. The molecule has 0 amide bonds. The van der Waals surface area contributed by atoms with Crippen LogP contribution in [-0.4, -0.2) is 27.2 Å². The van der Waals surface area contributed by atoms with Gasteiger partial charge in [-0.15, -0.1) is 0 Å². The number of ether oxygens (including phenoxy) is 2. The van der Waals surface area contributed by atoms with E-state index < -0.39 is 10.0 Å². The first-order chi connectivity index (χ1) is 11.6. The molecular weight excluding hydrogens is 328 g/mol. The van der Waals surface area contributed by atoms with Crippen LogP contribution >= 0.6 is 0 Å². The molecule has 0 atom stereocenters. The number of hydrogen-bond acceptors (Lipinski definition) is 5. The molecule has 0 saturated heterocycles. The number of hydrogen-bond donors (Lipinski definition) is 1. The Balaban J connectivity index is 1.68. The van der Waals surface area contributed by atoms with Crippen molar-refractivity contribution in [1.82, 2.24) is 4.83 Å². The minimum atomic E-state index is -3.36. The average molecular weight is 354 g/mol. The van der Waals surface area contributed by atoms with Crippen LogP contribution < -0.4 is 14.3 Å². The van der Waals surface area contributed by atoms with Crippen molar-refractivity contribution in [2.45, 2.75) is 51.9 Å². The maximum absolute atomic E-state index is 11.9. The Morgan fingerprint density at radius 3 is 2.58 bits per heavy atom. The van der Waals surface area contributed by atoms with Gasteiger partial charge in [0.2, 0.25) is 16.8 Å². The number of nitrogens with zero attached hydrogens (tertiary/aromatic N) is 1. The summed E-state index contributed by atoms with van der Waals surface area (Å²) in [6.45, 7) is 2.39. The van der Waals surface area contributed by atoms with Crippen molar-refractivity contribution in [3.05, 3.63) is 23.8 Å². The molecule has 1 aromatic carbocycles. The lowest BCUT2D eigenvalue weighted by molar-refractivity contribution is 0.174. The molecular formula is C17H26N2O4S. The zero-order chi connectivity index (χ0) is 17.3. The maximum atomic E-state index is 11.9. The van der Waals surface area contributed by atoms with Gasteiger partial charge in [-0.25, -0.2) is 13.2 Å². The van der Waals surface area contributed by atoms with Crippen LogP contribution in [0.4, 0.5) is 0 Å².